The fourth-order valence-corrected chi connectivity index (χ4v) is 2.49. The highest BCUT2D eigenvalue weighted by Crippen LogP contribution is 2.19. The Kier molecular flexibility index (Phi) is 3.16. The van der Waals surface area contributed by atoms with E-state index < -0.39 is 0 Å². The van der Waals surface area contributed by atoms with E-state index in [1.165, 1.54) is 5.56 Å². The predicted molar refractivity (Wildman–Crippen MR) is 58.5 cm³/mol. The van der Waals surface area contributed by atoms with Crippen LogP contribution >= 0.6 is 11.3 Å². The highest BCUT2D eigenvalue weighted by atomic mass is 32.1. The summed E-state index contributed by atoms with van der Waals surface area (Å²) < 4.78 is 0. The van der Waals surface area contributed by atoms with E-state index in [4.69, 9.17) is 0 Å². The fourth-order valence-electron chi connectivity index (χ4n) is 1.79. The molecule has 2 rings (SSSR count). The highest BCUT2D eigenvalue weighted by molar-refractivity contribution is 7.07. The van der Waals surface area contributed by atoms with Crippen LogP contribution in [-0.4, -0.2) is 11.8 Å². The number of amides is 2. The summed E-state index contributed by atoms with van der Waals surface area (Å²) in [7, 11) is 0. The number of aryl methyl sites for hydroxylation is 1. The predicted octanol–water partition coefficient (Wildman–Crippen LogP) is 1.73. The Bertz CT molecular complexity index is 359. The number of rotatable bonds is 3. The minimum Gasteiger partial charge on any atom is -0.296 e. The normalized spacial score (nSPS) is 21.5. The summed E-state index contributed by atoms with van der Waals surface area (Å²) in [6, 6.07) is 2.08. The molecule has 4 heteroatoms. The van der Waals surface area contributed by atoms with Gasteiger partial charge in [-0.15, -0.1) is 0 Å². The van der Waals surface area contributed by atoms with E-state index in [9.17, 15) is 9.59 Å². The Morgan fingerprint density at radius 2 is 2.33 bits per heavy atom. The van der Waals surface area contributed by atoms with Gasteiger partial charge in [0.25, 0.3) is 0 Å². The summed E-state index contributed by atoms with van der Waals surface area (Å²) in [6.07, 6.45) is 2.96. The van der Waals surface area contributed by atoms with Gasteiger partial charge in [-0.3, -0.25) is 14.9 Å². The first kappa shape index (κ1) is 10.4. The highest BCUT2D eigenvalue weighted by Gasteiger charge is 2.25. The molecule has 1 aromatic rings. The Labute approximate surface area is 92.5 Å². The Morgan fingerprint density at radius 3 is 3.00 bits per heavy atom. The standard InChI is InChI=1S/C11H13NO2S/c13-10-4-3-9(11(14)12-10)2-1-8-5-6-15-7-8/h5-7,9H,1-4H2,(H,12,13,14). The lowest BCUT2D eigenvalue weighted by Crippen LogP contribution is -2.40. The number of nitrogens with one attached hydrogen (secondary N) is 1. The van der Waals surface area contributed by atoms with Crippen molar-refractivity contribution in [3.05, 3.63) is 22.4 Å². The van der Waals surface area contributed by atoms with Gasteiger partial charge >= 0.3 is 0 Å². The van der Waals surface area contributed by atoms with Crippen molar-refractivity contribution in [1.82, 2.24) is 5.32 Å². The summed E-state index contributed by atoms with van der Waals surface area (Å²) >= 11 is 1.67. The van der Waals surface area contributed by atoms with Crippen LogP contribution in [0.2, 0.25) is 0 Å². The summed E-state index contributed by atoms with van der Waals surface area (Å²) in [4.78, 5) is 22.4. The molecule has 15 heavy (non-hydrogen) atoms. The Hall–Kier alpha value is -1.16. The molecule has 0 bridgehead atoms. The van der Waals surface area contributed by atoms with Crippen molar-refractivity contribution in [2.75, 3.05) is 0 Å². The van der Waals surface area contributed by atoms with Crippen LogP contribution in [0.1, 0.15) is 24.8 Å². The fraction of sp³-hybridized carbons (Fsp3) is 0.455. The first-order valence-electron chi connectivity index (χ1n) is 5.10. The molecule has 80 valence electrons. The average molecular weight is 223 g/mol. The molecular formula is C11H13NO2S. The monoisotopic (exact) mass is 223 g/mol. The minimum atomic E-state index is -0.133. The number of hydrogen-bond acceptors (Lipinski definition) is 3. The molecule has 2 amide bonds. The molecular weight excluding hydrogens is 210 g/mol. The maximum atomic E-state index is 11.4. The topological polar surface area (TPSA) is 46.2 Å². The maximum Gasteiger partial charge on any atom is 0.229 e. The molecule has 1 aliphatic heterocycles. The third-order valence-corrected chi connectivity index (χ3v) is 3.45. The molecule has 1 fully saturated rings. The van der Waals surface area contributed by atoms with Crippen LogP contribution in [0.4, 0.5) is 0 Å². The molecule has 1 saturated heterocycles. The summed E-state index contributed by atoms with van der Waals surface area (Å²) in [6.45, 7) is 0. The second-order valence-corrected chi connectivity index (χ2v) is 4.60. The molecule has 2 heterocycles. The molecule has 3 nitrogen and oxygen atoms in total. The van der Waals surface area contributed by atoms with Gasteiger partial charge in [0.1, 0.15) is 0 Å². The van der Waals surface area contributed by atoms with Crippen molar-refractivity contribution in [1.29, 1.82) is 0 Å². The van der Waals surface area contributed by atoms with E-state index >= 15 is 0 Å². The van der Waals surface area contributed by atoms with Crippen LogP contribution in [0.25, 0.3) is 0 Å². The lowest BCUT2D eigenvalue weighted by atomic mass is 9.92. The molecule has 0 spiro atoms. The Morgan fingerprint density at radius 1 is 1.47 bits per heavy atom. The van der Waals surface area contributed by atoms with Crippen molar-refractivity contribution < 1.29 is 9.59 Å². The Balaban J connectivity index is 1.85. The van der Waals surface area contributed by atoms with Gasteiger partial charge in [-0.1, -0.05) is 0 Å². The zero-order chi connectivity index (χ0) is 10.7. The van der Waals surface area contributed by atoms with Gasteiger partial charge in [0, 0.05) is 12.3 Å². The largest absolute Gasteiger partial charge is 0.296 e. The van der Waals surface area contributed by atoms with E-state index in [1.807, 2.05) is 5.38 Å². The van der Waals surface area contributed by atoms with Crippen molar-refractivity contribution in [3.63, 3.8) is 0 Å². The van der Waals surface area contributed by atoms with Gasteiger partial charge in [0.2, 0.25) is 11.8 Å². The lowest BCUT2D eigenvalue weighted by Gasteiger charge is -2.20. The van der Waals surface area contributed by atoms with E-state index in [0.717, 1.165) is 12.8 Å². The molecule has 1 unspecified atom stereocenters. The van der Waals surface area contributed by atoms with Gasteiger partial charge in [-0.2, -0.15) is 11.3 Å². The number of carbonyl (C=O) groups excluding carboxylic acids is 2. The van der Waals surface area contributed by atoms with Gasteiger partial charge in [-0.05, 0) is 41.7 Å². The first-order chi connectivity index (χ1) is 7.25. The molecule has 1 atom stereocenters. The first-order valence-corrected chi connectivity index (χ1v) is 6.05. The SMILES string of the molecule is O=C1CCC(CCc2ccsc2)C(=O)N1. The number of hydrogen-bond donors (Lipinski definition) is 1. The zero-order valence-corrected chi connectivity index (χ0v) is 9.18. The van der Waals surface area contributed by atoms with E-state index in [1.54, 1.807) is 11.3 Å². The van der Waals surface area contributed by atoms with Crippen molar-refractivity contribution in [2.45, 2.75) is 25.7 Å². The van der Waals surface area contributed by atoms with E-state index in [2.05, 4.69) is 16.8 Å². The molecule has 1 aliphatic rings. The molecule has 0 aromatic carbocycles. The average Bonchev–Trinajstić information content (AvgIpc) is 2.69. The minimum absolute atomic E-state index is 0.0163. The second kappa shape index (κ2) is 4.57. The third kappa shape index (κ3) is 2.65. The molecule has 1 N–H and O–H groups in total. The van der Waals surface area contributed by atoms with Crippen LogP contribution in [0.5, 0.6) is 0 Å². The van der Waals surface area contributed by atoms with Gasteiger partial charge in [-0.25, -0.2) is 0 Å². The van der Waals surface area contributed by atoms with Crippen LogP contribution in [0.3, 0.4) is 0 Å². The number of piperidine rings is 1. The zero-order valence-electron chi connectivity index (χ0n) is 8.36. The number of thiophene rings is 1. The maximum absolute atomic E-state index is 11.4. The quantitative estimate of drug-likeness (QED) is 0.793. The van der Waals surface area contributed by atoms with Gasteiger partial charge < -0.3 is 0 Å². The smallest absolute Gasteiger partial charge is 0.229 e. The van der Waals surface area contributed by atoms with Crippen molar-refractivity contribution in [2.24, 2.45) is 5.92 Å². The summed E-state index contributed by atoms with van der Waals surface area (Å²) in [5.41, 5.74) is 1.28. The number of carbonyl (C=O) groups is 2. The molecule has 0 saturated carbocycles. The molecule has 1 aromatic heterocycles. The van der Waals surface area contributed by atoms with Crippen molar-refractivity contribution in [3.8, 4) is 0 Å². The van der Waals surface area contributed by atoms with Crippen LogP contribution in [-0.2, 0) is 16.0 Å². The molecule has 0 aliphatic carbocycles. The van der Waals surface area contributed by atoms with E-state index in [-0.39, 0.29) is 17.7 Å². The van der Waals surface area contributed by atoms with Crippen LogP contribution in [0, 0.1) is 5.92 Å². The summed E-state index contributed by atoms with van der Waals surface area (Å²) in [5.74, 6) is -0.212. The van der Waals surface area contributed by atoms with Gasteiger partial charge in [0.05, 0.1) is 0 Å². The molecule has 0 radical (unpaired) electrons. The lowest BCUT2D eigenvalue weighted by molar-refractivity contribution is -0.136. The second-order valence-electron chi connectivity index (χ2n) is 3.82. The summed E-state index contributed by atoms with van der Waals surface area (Å²) in [5, 5.41) is 6.53. The van der Waals surface area contributed by atoms with Gasteiger partial charge in [0.15, 0.2) is 0 Å². The van der Waals surface area contributed by atoms with Crippen LogP contribution < -0.4 is 5.32 Å². The number of imide groups is 1. The van der Waals surface area contributed by atoms with Crippen molar-refractivity contribution >= 4 is 23.2 Å². The van der Waals surface area contributed by atoms with E-state index in [0.29, 0.717) is 12.8 Å². The van der Waals surface area contributed by atoms with Crippen LogP contribution in [0.15, 0.2) is 16.8 Å². The third-order valence-electron chi connectivity index (χ3n) is 2.71.